The number of halogens is 1. The number of nitrogens with one attached hydrogen (secondary N) is 1. The number of carbonyl (C=O) groups excluding carboxylic acids is 1. The van der Waals surface area contributed by atoms with Gasteiger partial charge in [-0.1, -0.05) is 35.5 Å². The molecular weight excluding hydrogens is 383 g/mol. The van der Waals surface area contributed by atoms with E-state index in [0.29, 0.717) is 11.3 Å². The maximum atomic E-state index is 13.2. The number of carbonyl (C=O) groups is 1. The van der Waals surface area contributed by atoms with Gasteiger partial charge in [0.15, 0.2) is 9.84 Å². The first-order valence-corrected chi connectivity index (χ1v) is 10.1. The van der Waals surface area contributed by atoms with Gasteiger partial charge in [-0.15, -0.1) is 5.10 Å². The lowest BCUT2D eigenvalue weighted by molar-refractivity contribution is -0.121. The number of amides is 1. The first-order valence-electron chi connectivity index (χ1n) is 8.54. The molecule has 3 rings (SSSR count). The van der Waals surface area contributed by atoms with Gasteiger partial charge in [-0.3, -0.25) is 4.79 Å². The van der Waals surface area contributed by atoms with E-state index < -0.39 is 20.9 Å². The van der Waals surface area contributed by atoms with E-state index in [-0.39, 0.29) is 23.9 Å². The second-order valence-corrected chi connectivity index (χ2v) is 8.37. The van der Waals surface area contributed by atoms with E-state index in [4.69, 9.17) is 0 Å². The number of benzene rings is 2. The second kappa shape index (κ2) is 8.30. The molecule has 1 N–H and O–H groups in total. The van der Waals surface area contributed by atoms with Gasteiger partial charge < -0.3 is 5.32 Å². The standard InChI is InChI=1S/C19H19FN4O3S/c1-14-11-22-23-24(14)13-19(25)21-12-18(15-5-3-2-4-6-15)28(26,27)17-9-7-16(20)8-10-17/h2-11,18H,12-13H2,1H3,(H,21,25). The summed E-state index contributed by atoms with van der Waals surface area (Å²) in [5, 5.41) is 9.15. The van der Waals surface area contributed by atoms with Crippen molar-refractivity contribution in [1.82, 2.24) is 20.3 Å². The maximum Gasteiger partial charge on any atom is 0.241 e. The summed E-state index contributed by atoms with van der Waals surface area (Å²) >= 11 is 0. The largest absolute Gasteiger partial charge is 0.353 e. The number of sulfone groups is 1. The third-order valence-corrected chi connectivity index (χ3v) is 6.39. The Bertz CT molecular complexity index is 1050. The molecule has 0 fully saturated rings. The molecule has 1 heterocycles. The van der Waals surface area contributed by atoms with E-state index in [1.165, 1.54) is 23.0 Å². The van der Waals surface area contributed by atoms with E-state index >= 15 is 0 Å². The zero-order valence-corrected chi connectivity index (χ0v) is 15.9. The molecule has 3 aromatic rings. The van der Waals surface area contributed by atoms with Gasteiger partial charge in [-0.25, -0.2) is 17.5 Å². The first-order chi connectivity index (χ1) is 13.4. The van der Waals surface area contributed by atoms with Crippen LogP contribution in [0, 0.1) is 12.7 Å². The van der Waals surface area contributed by atoms with E-state index in [2.05, 4.69) is 15.6 Å². The van der Waals surface area contributed by atoms with E-state index in [9.17, 15) is 17.6 Å². The Morgan fingerprint density at radius 1 is 1.14 bits per heavy atom. The quantitative estimate of drug-likeness (QED) is 0.611. The van der Waals surface area contributed by atoms with Crippen LogP contribution >= 0.6 is 0 Å². The highest BCUT2D eigenvalue weighted by atomic mass is 32.2. The van der Waals surface area contributed by atoms with E-state index in [1.54, 1.807) is 37.3 Å². The van der Waals surface area contributed by atoms with Gasteiger partial charge in [0.1, 0.15) is 17.6 Å². The zero-order valence-electron chi connectivity index (χ0n) is 15.1. The summed E-state index contributed by atoms with van der Waals surface area (Å²) in [5.41, 5.74) is 1.25. The first kappa shape index (κ1) is 19.7. The lowest BCUT2D eigenvalue weighted by atomic mass is 10.1. The Labute approximate surface area is 162 Å². The molecule has 146 valence electrons. The molecule has 1 atom stereocenters. The number of hydrogen-bond acceptors (Lipinski definition) is 5. The van der Waals surface area contributed by atoms with Crippen molar-refractivity contribution in [2.24, 2.45) is 0 Å². The number of hydrogen-bond donors (Lipinski definition) is 1. The minimum absolute atomic E-state index is 0.0101. The minimum atomic E-state index is -3.85. The highest BCUT2D eigenvalue weighted by Crippen LogP contribution is 2.28. The fourth-order valence-electron chi connectivity index (χ4n) is 2.73. The van der Waals surface area contributed by atoms with Crippen molar-refractivity contribution in [2.75, 3.05) is 6.54 Å². The molecule has 0 saturated carbocycles. The molecule has 9 heteroatoms. The fraction of sp³-hybridized carbons (Fsp3) is 0.211. The van der Waals surface area contributed by atoms with Crippen molar-refractivity contribution in [3.63, 3.8) is 0 Å². The predicted molar refractivity (Wildman–Crippen MR) is 101 cm³/mol. The zero-order chi connectivity index (χ0) is 20.1. The van der Waals surface area contributed by atoms with Gasteiger partial charge >= 0.3 is 0 Å². The summed E-state index contributed by atoms with van der Waals surface area (Å²) in [6.45, 7) is 1.57. The average molecular weight is 402 g/mol. The van der Waals surface area contributed by atoms with E-state index in [0.717, 1.165) is 12.1 Å². The van der Waals surface area contributed by atoms with Crippen LogP contribution in [0.5, 0.6) is 0 Å². The molecule has 0 aliphatic rings. The van der Waals surface area contributed by atoms with Crippen molar-refractivity contribution in [2.45, 2.75) is 23.6 Å². The molecule has 28 heavy (non-hydrogen) atoms. The molecule has 1 aromatic heterocycles. The molecular formula is C19H19FN4O3S. The van der Waals surface area contributed by atoms with Crippen LogP contribution in [0.3, 0.4) is 0 Å². The molecule has 0 bridgehead atoms. The SMILES string of the molecule is Cc1cnnn1CC(=O)NCC(c1ccccc1)S(=O)(=O)c1ccc(F)cc1. The predicted octanol–water partition coefficient (Wildman–Crippen LogP) is 2.06. The minimum Gasteiger partial charge on any atom is -0.353 e. The Morgan fingerprint density at radius 2 is 1.82 bits per heavy atom. The van der Waals surface area contributed by atoms with Gasteiger partial charge in [0.2, 0.25) is 5.91 Å². The molecule has 0 aliphatic heterocycles. The molecule has 2 aromatic carbocycles. The summed E-state index contributed by atoms with van der Waals surface area (Å²) in [6, 6.07) is 13.2. The molecule has 0 spiro atoms. The van der Waals surface area contributed by atoms with Crippen molar-refractivity contribution in [3.8, 4) is 0 Å². The highest BCUT2D eigenvalue weighted by molar-refractivity contribution is 7.91. The Morgan fingerprint density at radius 3 is 2.43 bits per heavy atom. The lowest BCUT2D eigenvalue weighted by Gasteiger charge is -2.19. The third-order valence-electron chi connectivity index (χ3n) is 4.28. The van der Waals surface area contributed by atoms with Crippen LogP contribution in [0.2, 0.25) is 0 Å². The molecule has 0 radical (unpaired) electrons. The van der Waals surface area contributed by atoms with Gasteiger partial charge in [0, 0.05) is 6.54 Å². The van der Waals surface area contributed by atoms with Gasteiger partial charge in [0.05, 0.1) is 16.8 Å². The van der Waals surface area contributed by atoms with Crippen molar-refractivity contribution in [1.29, 1.82) is 0 Å². The monoisotopic (exact) mass is 402 g/mol. The summed E-state index contributed by atoms with van der Waals surface area (Å²) in [4.78, 5) is 12.3. The molecule has 7 nitrogen and oxygen atoms in total. The van der Waals surface area contributed by atoms with Crippen molar-refractivity contribution >= 4 is 15.7 Å². The third kappa shape index (κ3) is 4.42. The van der Waals surface area contributed by atoms with Crippen LogP contribution in [-0.4, -0.2) is 35.9 Å². The van der Waals surface area contributed by atoms with Gasteiger partial charge in [-0.2, -0.15) is 0 Å². The smallest absolute Gasteiger partial charge is 0.241 e. The van der Waals surface area contributed by atoms with Gasteiger partial charge in [0.25, 0.3) is 0 Å². The second-order valence-electron chi connectivity index (χ2n) is 6.24. The number of aryl methyl sites for hydroxylation is 1. The normalized spacial score (nSPS) is 12.5. The molecule has 1 amide bonds. The summed E-state index contributed by atoms with van der Waals surface area (Å²) < 4.78 is 40.9. The van der Waals surface area contributed by atoms with Crippen LogP contribution in [0.1, 0.15) is 16.5 Å². The topological polar surface area (TPSA) is 93.9 Å². The molecule has 1 unspecified atom stereocenters. The Kier molecular flexibility index (Phi) is 5.84. The summed E-state index contributed by atoms with van der Waals surface area (Å²) in [6.07, 6.45) is 1.53. The Hall–Kier alpha value is -3.07. The average Bonchev–Trinajstić information content (AvgIpc) is 3.07. The van der Waals surface area contributed by atoms with Crippen LogP contribution in [0.15, 0.2) is 65.7 Å². The maximum absolute atomic E-state index is 13.2. The van der Waals surface area contributed by atoms with Crippen LogP contribution in [0.4, 0.5) is 4.39 Å². The lowest BCUT2D eigenvalue weighted by Crippen LogP contribution is -2.34. The fourth-order valence-corrected chi connectivity index (χ4v) is 4.39. The highest BCUT2D eigenvalue weighted by Gasteiger charge is 2.29. The van der Waals surface area contributed by atoms with Crippen molar-refractivity contribution < 1.29 is 17.6 Å². The van der Waals surface area contributed by atoms with Crippen molar-refractivity contribution in [3.05, 3.63) is 77.9 Å². The van der Waals surface area contributed by atoms with Crippen LogP contribution in [0.25, 0.3) is 0 Å². The summed E-state index contributed by atoms with van der Waals surface area (Å²) in [5.74, 6) is -0.907. The number of aromatic nitrogens is 3. The molecule has 0 saturated heterocycles. The van der Waals surface area contributed by atoms with Crippen LogP contribution < -0.4 is 5.32 Å². The van der Waals surface area contributed by atoms with Crippen LogP contribution in [-0.2, 0) is 21.2 Å². The van der Waals surface area contributed by atoms with E-state index in [1.807, 2.05) is 0 Å². The van der Waals surface area contributed by atoms with Gasteiger partial charge in [-0.05, 0) is 36.8 Å². The number of rotatable bonds is 7. The Balaban J connectivity index is 1.83. The molecule has 0 aliphatic carbocycles. The number of nitrogens with zero attached hydrogens (tertiary/aromatic N) is 3. The summed E-state index contributed by atoms with van der Waals surface area (Å²) in [7, 11) is -3.85.